The number of anilines is 1. The Bertz CT molecular complexity index is 334. The fourth-order valence-electron chi connectivity index (χ4n) is 0.584. The molecule has 4 heteroatoms. The Morgan fingerprint density at radius 1 is 1.70 bits per heavy atom. The van der Waals surface area contributed by atoms with Gasteiger partial charge in [0.1, 0.15) is 6.07 Å². The molecule has 3 N–H and O–H groups in total. The lowest BCUT2D eigenvalue weighted by Gasteiger charge is -1.91. The van der Waals surface area contributed by atoms with Crippen LogP contribution < -0.4 is 11.3 Å². The Morgan fingerprint density at radius 3 is 2.90 bits per heavy atom. The van der Waals surface area contributed by atoms with Crippen molar-refractivity contribution in [3.63, 3.8) is 0 Å². The first-order valence-corrected chi connectivity index (χ1v) is 2.62. The second-order valence-electron chi connectivity index (χ2n) is 1.78. The Balaban J connectivity index is 3.37. The maximum Gasteiger partial charge on any atom is 0.250 e. The van der Waals surface area contributed by atoms with Crippen LogP contribution in [0.5, 0.6) is 0 Å². The van der Waals surface area contributed by atoms with Gasteiger partial charge in [0.05, 0.1) is 11.3 Å². The molecule has 0 unspecified atom stereocenters. The van der Waals surface area contributed by atoms with Gasteiger partial charge >= 0.3 is 0 Å². The van der Waals surface area contributed by atoms with E-state index in [2.05, 4.69) is 4.98 Å². The highest BCUT2D eigenvalue weighted by atomic mass is 16.1. The summed E-state index contributed by atoms with van der Waals surface area (Å²) in [5.41, 5.74) is 5.50. The lowest BCUT2D eigenvalue weighted by Crippen LogP contribution is -2.06. The number of hydrogen-bond acceptors (Lipinski definition) is 3. The number of nitrogens with one attached hydrogen (secondary N) is 1. The van der Waals surface area contributed by atoms with Crippen LogP contribution in [0.4, 0.5) is 5.69 Å². The van der Waals surface area contributed by atoms with E-state index >= 15 is 0 Å². The first kappa shape index (κ1) is 6.36. The van der Waals surface area contributed by atoms with Crippen molar-refractivity contribution in [2.45, 2.75) is 0 Å². The number of hydrogen-bond donors (Lipinski definition) is 2. The average molecular weight is 135 g/mol. The summed E-state index contributed by atoms with van der Waals surface area (Å²) in [5, 5.41) is 8.36. The number of aromatic amines is 1. The van der Waals surface area contributed by atoms with Crippen molar-refractivity contribution in [3.8, 4) is 6.07 Å². The van der Waals surface area contributed by atoms with Crippen LogP contribution in [0.1, 0.15) is 5.56 Å². The van der Waals surface area contributed by atoms with Gasteiger partial charge in [-0.25, -0.2) is 0 Å². The molecule has 0 aliphatic carbocycles. The Hall–Kier alpha value is -1.76. The highest BCUT2D eigenvalue weighted by Gasteiger charge is 1.95. The minimum absolute atomic E-state index is 0.214. The van der Waals surface area contributed by atoms with Crippen molar-refractivity contribution in [2.24, 2.45) is 0 Å². The molecule has 0 aliphatic heterocycles. The molecule has 0 aliphatic rings. The Kier molecular flexibility index (Phi) is 1.42. The summed E-state index contributed by atoms with van der Waals surface area (Å²) < 4.78 is 0. The predicted molar refractivity (Wildman–Crippen MR) is 36.2 cm³/mol. The lowest BCUT2D eigenvalue weighted by atomic mass is 10.3. The molecule has 0 saturated carbocycles. The fourth-order valence-corrected chi connectivity index (χ4v) is 0.584. The van der Waals surface area contributed by atoms with Gasteiger partial charge in [-0.3, -0.25) is 4.79 Å². The second kappa shape index (κ2) is 2.23. The first-order chi connectivity index (χ1) is 4.74. The first-order valence-electron chi connectivity index (χ1n) is 2.62. The highest BCUT2D eigenvalue weighted by molar-refractivity contribution is 5.51. The number of nitrogens with zero attached hydrogens (tertiary/aromatic N) is 1. The molecule has 10 heavy (non-hydrogen) atoms. The van der Waals surface area contributed by atoms with E-state index in [1.54, 1.807) is 0 Å². The molecule has 0 bridgehead atoms. The van der Waals surface area contributed by atoms with Crippen molar-refractivity contribution >= 4 is 5.69 Å². The van der Waals surface area contributed by atoms with Crippen molar-refractivity contribution in [1.29, 1.82) is 5.26 Å². The molecule has 0 amide bonds. The summed E-state index contributed by atoms with van der Waals surface area (Å²) in [4.78, 5) is 12.8. The Morgan fingerprint density at radius 2 is 2.40 bits per heavy atom. The molecule has 1 aromatic rings. The van der Waals surface area contributed by atoms with Crippen molar-refractivity contribution in [3.05, 3.63) is 28.2 Å². The number of nitriles is 1. The largest absolute Gasteiger partial charge is 0.397 e. The van der Waals surface area contributed by atoms with E-state index in [9.17, 15) is 4.79 Å². The molecule has 0 spiro atoms. The van der Waals surface area contributed by atoms with Crippen LogP contribution in [0.2, 0.25) is 0 Å². The van der Waals surface area contributed by atoms with Gasteiger partial charge in [0.25, 0.3) is 0 Å². The molecule has 4 nitrogen and oxygen atoms in total. The molecule has 1 heterocycles. The van der Waals surface area contributed by atoms with Crippen LogP contribution in [0, 0.1) is 11.3 Å². The van der Waals surface area contributed by atoms with E-state index in [1.807, 2.05) is 6.07 Å². The molecule has 1 aromatic heterocycles. The SMILES string of the molecule is N#Cc1c[nH]c(=O)cc1N. The number of H-pyrrole nitrogens is 1. The fraction of sp³-hybridized carbons (Fsp3) is 0. The minimum atomic E-state index is -0.295. The summed E-state index contributed by atoms with van der Waals surface area (Å²) in [6, 6.07) is 3.01. The molecule has 0 atom stereocenters. The van der Waals surface area contributed by atoms with Gasteiger partial charge in [-0.15, -0.1) is 0 Å². The van der Waals surface area contributed by atoms with E-state index in [0.717, 1.165) is 0 Å². The van der Waals surface area contributed by atoms with E-state index in [0.29, 0.717) is 5.56 Å². The summed E-state index contributed by atoms with van der Waals surface area (Å²) in [7, 11) is 0. The lowest BCUT2D eigenvalue weighted by molar-refractivity contribution is 1.23. The molecule has 0 fully saturated rings. The van der Waals surface area contributed by atoms with Gasteiger partial charge in [-0.2, -0.15) is 5.26 Å². The monoisotopic (exact) mass is 135 g/mol. The van der Waals surface area contributed by atoms with Crippen molar-refractivity contribution < 1.29 is 0 Å². The summed E-state index contributed by atoms with van der Waals surface area (Å²) >= 11 is 0. The maximum atomic E-state index is 10.5. The Labute approximate surface area is 56.9 Å². The van der Waals surface area contributed by atoms with E-state index < -0.39 is 0 Å². The zero-order chi connectivity index (χ0) is 7.56. The number of nitrogens with two attached hydrogens (primary N) is 1. The van der Waals surface area contributed by atoms with Crippen LogP contribution >= 0.6 is 0 Å². The van der Waals surface area contributed by atoms with Crippen LogP contribution in [0.25, 0.3) is 0 Å². The summed E-state index contributed by atoms with van der Waals surface area (Å²) in [6.07, 6.45) is 1.29. The van der Waals surface area contributed by atoms with Gasteiger partial charge in [0.15, 0.2) is 0 Å². The quantitative estimate of drug-likeness (QED) is 0.518. The minimum Gasteiger partial charge on any atom is -0.397 e. The van der Waals surface area contributed by atoms with E-state index in [4.69, 9.17) is 11.0 Å². The predicted octanol–water partition coefficient (Wildman–Crippen LogP) is -0.171. The third kappa shape index (κ3) is 0.977. The molecular formula is C6H5N3O. The van der Waals surface area contributed by atoms with Gasteiger partial charge in [-0.05, 0) is 0 Å². The molecule has 0 radical (unpaired) electrons. The average Bonchev–Trinajstić information content (AvgIpc) is 1.88. The number of aromatic nitrogens is 1. The molecule has 50 valence electrons. The van der Waals surface area contributed by atoms with Gasteiger partial charge < -0.3 is 10.7 Å². The normalized spacial score (nSPS) is 8.70. The number of nitrogen functional groups attached to an aromatic ring is 1. The van der Waals surface area contributed by atoms with Crippen LogP contribution in [0.15, 0.2) is 17.1 Å². The van der Waals surface area contributed by atoms with Crippen LogP contribution in [-0.4, -0.2) is 4.98 Å². The smallest absolute Gasteiger partial charge is 0.250 e. The van der Waals surface area contributed by atoms with E-state index in [-0.39, 0.29) is 11.2 Å². The molecule has 0 aromatic carbocycles. The zero-order valence-electron chi connectivity index (χ0n) is 5.09. The number of rotatable bonds is 0. The third-order valence-corrected chi connectivity index (χ3v) is 1.08. The standard InChI is InChI=1S/C6H5N3O/c7-2-4-3-9-6(10)1-5(4)8/h1,3H,(H3,8,9,10). The zero-order valence-corrected chi connectivity index (χ0v) is 5.09. The topological polar surface area (TPSA) is 82.7 Å². The highest BCUT2D eigenvalue weighted by Crippen LogP contribution is 2.02. The van der Waals surface area contributed by atoms with Gasteiger partial charge in [0.2, 0.25) is 5.56 Å². The van der Waals surface area contributed by atoms with Crippen molar-refractivity contribution in [1.82, 2.24) is 4.98 Å². The summed E-state index contributed by atoms with van der Waals surface area (Å²) in [5.74, 6) is 0. The molecule has 1 rings (SSSR count). The van der Waals surface area contributed by atoms with E-state index in [1.165, 1.54) is 12.3 Å². The van der Waals surface area contributed by atoms with Gasteiger partial charge in [0, 0.05) is 12.3 Å². The van der Waals surface area contributed by atoms with Crippen LogP contribution in [-0.2, 0) is 0 Å². The third-order valence-electron chi connectivity index (χ3n) is 1.08. The second-order valence-corrected chi connectivity index (χ2v) is 1.78. The maximum absolute atomic E-state index is 10.5. The molecular weight excluding hydrogens is 130 g/mol. The van der Waals surface area contributed by atoms with Crippen molar-refractivity contribution in [2.75, 3.05) is 5.73 Å². The molecule has 0 saturated heterocycles. The van der Waals surface area contributed by atoms with Gasteiger partial charge in [-0.1, -0.05) is 0 Å². The summed E-state index contributed by atoms with van der Waals surface area (Å²) in [6.45, 7) is 0. The number of pyridine rings is 1. The van der Waals surface area contributed by atoms with Crippen LogP contribution in [0.3, 0.4) is 0 Å².